The predicted octanol–water partition coefficient (Wildman–Crippen LogP) is 5.57. The summed E-state index contributed by atoms with van der Waals surface area (Å²) in [6.45, 7) is 7.44. The van der Waals surface area contributed by atoms with Gasteiger partial charge in [-0.3, -0.25) is 4.79 Å². The van der Waals surface area contributed by atoms with Crippen LogP contribution in [0.25, 0.3) is 22.0 Å². The van der Waals surface area contributed by atoms with E-state index in [0.29, 0.717) is 42.9 Å². The Labute approximate surface area is 244 Å². The topological polar surface area (TPSA) is 106 Å². The second kappa shape index (κ2) is 11.9. The van der Waals surface area contributed by atoms with Crippen molar-refractivity contribution in [3.05, 3.63) is 84.3 Å². The number of nitrogens with zero attached hydrogens (tertiary/aromatic N) is 5. The highest BCUT2D eigenvalue weighted by Crippen LogP contribution is 2.32. The second-order valence-electron chi connectivity index (χ2n) is 10.2. The normalized spacial score (nSPS) is 13.3. The number of hydrogen-bond acceptors (Lipinski definition) is 8. The maximum atomic E-state index is 13.3. The van der Waals surface area contributed by atoms with Gasteiger partial charge >= 0.3 is 0 Å². The monoisotopic (exact) mass is 563 g/mol. The largest absolute Gasteiger partial charge is 0.478 e. The summed E-state index contributed by atoms with van der Waals surface area (Å²) in [5.41, 5.74) is 6.05. The third-order valence-corrected chi connectivity index (χ3v) is 7.31. The molecule has 1 aliphatic heterocycles. The number of hydrogen-bond donors (Lipinski definition) is 2. The average molecular weight is 564 g/mol. The number of aryl methyl sites for hydroxylation is 2. The minimum atomic E-state index is -0.203. The molecule has 0 saturated carbocycles. The SMILES string of the molecule is CCOc1ccc(-c2cn(C)c3cc(NC(=O)c4ccc(C)c(Nc5nccc(N6CCOCC6)n5)c4)ccc23)cn1. The lowest BCUT2D eigenvalue weighted by Crippen LogP contribution is -2.36. The Bertz CT molecular complexity index is 1730. The van der Waals surface area contributed by atoms with Crippen LogP contribution in [0.15, 0.2) is 73.2 Å². The van der Waals surface area contributed by atoms with E-state index in [1.165, 1.54) is 0 Å². The van der Waals surface area contributed by atoms with Crippen molar-refractivity contribution in [3.8, 4) is 17.0 Å². The van der Waals surface area contributed by atoms with Crippen molar-refractivity contribution in [2.45, 2.75) is 13.8 Å². The predicted molar refractivity (Wildman–Crippen MR) is 165 cm³/mol. The van der Waals surface area contributed by atoms with Crippen molar-refractivity contribution < 1.29 is 14.3 Å². The van der Waals surface area contributed by atoms with E-state index < -0.39 is 0 Å². The van der Waals surface area contributed by atoms with Crippen molar-refractivity contribution in [3.63, 3.8) is 0 Å². The van der Waals surface area contributed by atoms with Crippen LogP contribution in [0.2, 0.25) is 0 Å². The van der Waals surface area contributed by atoms with Gasteiger partial charge in [0, 0.05) is 78.2 Å². The van der Waals surface area contributed by atoms with Gasteiger partial charge in [-0.25, -0.2) is 9.97 Å². The lowest BCUT2D eigenvalue weighted by molar-refractivity contribution is 0.102. The number of anilines is 4. The molecule has 0 aliphatic carbocycles. The summed E-state index contributed by atoms with van der Waals surface area (Å²) in [5, 5.41) is 7.42. The van der Waals surface area contributed by atoms with Gasteiger partial charge in [0.1, 0.15) is 5.82 Å². The van der Waals surface area contributed by atoms with Crippen LogP contribution in [0.4, 0.5) is 23.1 Å². The molecule has 0 unspecified atom stereocenters. The highest BCUT2D eigenvalue weighted by molar-refractivity contribution is 6.06. The van der Waals surface area contributed by atoms with E-state index in [0.717, 1.165) is 52.2 Å². The maximum Gasteiger partial charge on any atom is 0.255 e. The molecule has 0 bridgehead atoms. The van der Waals surface area contributed by atoms with E-state index >= 15 is 0 Å². The lowest BCUT2D eigenvalue weighted by Gasteiger charge is -2.27. The zero-order chi connectivity index (χ0) is 29.1. The van der Waals surface area contributed by atoms with Gasteiger partial charge in [-0.2, -0.15) is 4.98 Å². The van der Waals surface area contributed by atoms with Crippen molar-refractivity contribution in [1.82, 2.24) is 19.5 Å². The number of morpholine rings is 1. The number of pyridine rings is 1. The van der Waals surface area contributed by atoms with Crippen molar-refractivity contribution >= 4 is 40.0 Å². The lowest BCUT2D eigenvalue weighted by atomic mass is 10.1. The standard InChI is InChI=1S/C32H33N7O3/c1-4-42-30-10-7-23(19-34-30)26-20-38(3)28-18-24(8-9-25(26)28)35-31(40)22-6-5-21(2)27(17-22)36-32-33-12-11-29(37-32)39-13-15-41-16-14-39/h5-12,17-20H,4,13-16H2,1-3H3,(H,35,40)(H,33,36,37). The van der Waals surface area contributed by atoms with Crippen LogP contribution in [0.3, 0.4) is 0 Å². The first-order chi connectivity index (χ1) is 20.5. The first-order valence-corrected chi connectivity index (χ1v) is 14.0. The minimum Gasteiger partial charge on any atom is -0.478 e. The van der Waals surface area contributed by atoms with Crippen LogP contribution in [0.1, 0.15) is 22.8 Å². The molecule has 0 radical (unpaired) electrons. The van der Waals surface area contributed by atoms with E-state index in [2.05, 4.69) is 41.2 Å². The summed E-state index contributed by atoms with van der Waals surface area (Å²) in [5.74, 6) is 1.73. The Balaban J connectivity index is 1.19. The number of fused-ring (bicyclic) bond motifs is 1. The number of carbonyl (C=O) groups excluding carboxylic acids is 1. The highest BCUT2D eigenvalue weighted by Gasteiger charge is 2.15. The number of aromatic nitrogens is 4. The zero-order valence-corrected chi connectivity index (χ0v) is 23.9. The molecule has 5 aromatic rings. The first-order valence-electron chi connectivity index (χ1n) is 14.0. The third kappa shape index (κ3) is 5.75. The molecule has 10 nitrogen and oxygen atoms in total. The van der Waals surface area contributed by atoms with E-state index in [4.69, 9.17) is 9.47 Å². The molecule has 1 saturated heterocycles. The number of carbonyl (C=O) groups is 1. The average Bonchev–Trinajstić information content (AvgIpc) is 3.35. The number of amides is 1. The second-order valence-corrected chi connectivity index (χ2v) is 10.2. The molecule has 1 aliphatic rings. The maximum absolute atomic E-state index is 13.3. The Kier molecular flexibility index (Phi) is 7.70. The first kappa shape index (κ1) is 27.2. The third-order valence-electron chi connectivity index (χ3n) is 7.31. The van der Waals surface area contributed by atoms with Gasteiger partial charge in [0.05, 0.1) is 25.3 Å². The van der Waals surface area contributed by atoms with Crippen LogP contribution in [0, 0.1) is 6.92 Å². The fourth-order valence-corrected chi connectivity index (χ4v) is 5.06. The minimum absolute atomic E-state index is 0.203. The molecule has 0 atom stereocenters. The van der Waals surface area contributed by atoms with Gasteiger partial charge in [-0.15, -0.1) is 0 Å². The molecular weight excluding hydrogens is 530 g/mol. The Morgan fingerprint density at radius 1 is 1.05 bits per heavy atom. The van der Waals surface area contributed by atoms with E-state index in [1.54, 1.807) is 6.20 Å². The van der Waals surface area contributed by atoms with Gasteiger partial charge in [0.15, 0.2) is 0 Å². The summed E-state index contributed by atoms with van der Waals surface area (Å²) in [6.07, 6.45) is 5.63. The van der Waals surface area contributed by atoms with Gasteiger partial charge in [-0.1, -0.05) is 12.1 Å². The molecule has 6 rings (SSSR count). The number of rotatable bonds is 8. The van der Waals surface area contributed by atoms with Crippen LogP contribution < -0.4 is 20.3 Å². The Hall–Kier alpha value is -4.96. The molecule has 214 valence electrons. The summed E-state index contributed by atoms with van der Waals surface area (Å²) < 4.78 is 13.0. The molecule has 1 amide bonds. The number of benzene rings is 2. The van der Waals surface area contributed by atoms with Crippen LogP contribution in [-0.2, 0) is 11.8 Å². The Morgan fingerprint density at radius 3 is 2.69 bits per heavy atom. The molecule has 3 aromatic heterocycles. The zero-order valence-electron chi connectivity index (χ0n) is 23.9. The fraction of sp³-hybridized carbons (Fsp3) is 0.250. The molecule has 2 aromatic carbocycles. The quantitative estimate of drug-likeness (QED) is 0.252. The molecular formula is C32H33N7O3. The van der Waals surface area contributed by atoms with Gasteiger partial charge in [0.2, 0.25) is 11.8 Å². The van der Waals surface area contributed by atoms with Crippen LogP contribution >= 0.6 is 0 Å². The van der Waals surface area contributed by atoms with Crippen molar-refractivity contribution in [2.75, 3.05) is 48.4 Å². The molecule has 4 heterocycles. The molecule has 42 heavy (non-hydrogen) atoms. The summed E-state index contributed by atoms with van der Waals surface area (Å²) in [6, 6.07) is 17.3. The van der Waals surface area contributed by atoms with Crippen LogP contribution in [0.5, 0.6) is 5.88 Å². The smallest absolute Gasteiger partial charge is 0.255 e. The van der Waals surface area contributed by atoms with Crippen LogP contribution in [-0.4, -0.2) is 58.3 Å². The number of nitrogens with one attached hydrogen (secondary N) is 2. The summed E-state index contributed by atoms with van der Waals surface area (Å²) >= 11 is 0. The van der Waals surface area contributed by atoms with E-state index in [1.807, 2.05) is 81.7 Å². The molecule has 0 spiro atoms. The number of ether oxygens (including phenoxy) is 2. The Morgan fingerprint density at radius 2 is 1.90 bits per heavy atom. The summed E-state index contributed by atoms with van der Waals surface area (Å²) in [7, 11) is 1.99. The molecule has 1 fully saturated rings. The van der Waals surface area contributed by atoms with Gasteiger partial charge in [-0.05, 0) is 55.8 Å². The van der Waals surface area contributed by atoms with Gasteiger partial charge in [0.25, 0.3) is 5.91 Å². The van der Waals surface area contributed by atoms with E-state index in [-0.39, 0.29) is 5.91 Å². The van der Waals surface area contributed by atoms with Gasteiger partial charge < -0.3 is 29.6 Å². The summed E-state index contributed by atoms with van der Waals surface area (Å²) in [4.78, 5) is 29.0. The molecule has 2 N–H and O–H groups in total. The fourth-order valence-electron chi connectivity index (χ4n) is 5.06. The highest BCUT2D eigenvalue weighted by atomic mass is 16.5. The molecule has 10 heteroatoms. The van der Waals surface area contributed by atoms with E-state index in [9.17, 15) is 4.79 Å². The van der Waals surface area contributed by atoms with Crippen molar-refractivity contribution in [1.29, 1.82) is 0 Å². The van der Waals surface area contributed by atoms with Crippen molar-refractivity contribution in [2.24, 2.45) is 7.05 Å².